The molecule has 0 saturated carbocycles. The summed E-state index contributed by atoms with van der Waals surface area (Å²) >= 11 is 1.65. The zero-order valence-electron chi connectivity index (χ0n) is 15.6. The molecule has 0 spiro atoms. The highest BCUT2D eigenvalue weighted by atomic mass is 32.1. The minimum Gasteiger partial charge on any atom is -0.376 e. The molecular formula is C21H25N3O2S. The van der Waals surface area contributed by atoms with Crippen molar-refractivity contribution in [1.82, 2.24) is 14.3 Å². The molecule has 0 aliphatic carbocycles. The van der Waals surface area contributed by atoms with Crippen LogP contribution in [0.2, 0.25) is 0 Å². The highest BCUT2D eigenvalue weighted by Gasteiger charge is 2.22. The molecule has 0 radical (unpaired) electrons. The Hall–Kier alpha value is -2.18. The van der Waals surface area contributed by atoms with Gasteiger partial charge in [-0.1, -0.05) is 37.3 Å². The van der Waals surface area contributed by atoms with Crippen molar-refractivity contribution in [1.29, 1.82) is 0 Å². The number of aromatic nitrogens is 2. The normalized spacial score (nSPS) is 16.9. The molecule has 142 valence electrons. The van der Waals surface area contributed by atoms with E-state index in [1.807, 2.05) is 30.0 Å². The molecule has 3 aromatic rings. The van der Waals surface area contributed by atoms with Crippen LogP contribution in [0, 0.1) is 0 Å². The lowest BCUT2D eigenvalue weighted by Gasteiger charge is -2.25. The van der Waals surface area contributed by atoms with E-state index in [4.69, 9.17) is 9.72 Å². The summed E-state index contributed by atoms with van der Waals surface area (Å²) in [6.07, 6.45) is 5.81. The van der Waals surface area contributed by atoms with Crippen molar-refractivity contribution >= 4 is 22.2 Å². The summed E-state index contributed by atoms with van der Waals surface area (Å²) in [5, 5.41) is 2.15. The van der Waals surface area contributed by atoms with Gasteiger partial charge in [0.05, 0.1) is 11.8 Å². The van der Waals surface area contributed by atoms with Crippen molar-refractivity contribution < 1.29 is 9.53 Å². The molecule has 6 heteroatoms. The molecule has 1 unspecified atom stereocenters. The second-order valence-electron chi connectivity index (χ2n) is 6.95. The predicted molar refractivity (Wildman–Crippen MR) is 108 cm³/mol. The number of hydrogen-bond acceptors (Lipinski definition) is 4. The third-order valence-electron chi connectivity index (χ3n) is 5.09. The molecule has 1 aliphatic rings. The molecule has 1 aromatic carbocycles. The molecule has 5 nitrogen and oxygen atoms in total. The van der Waals surface area contributed by atoms with Gasteiger partial charge in [-0.15, -0.1) is 11.3 Å². The lowest BCUT2D eigenvalue weighted by molar-refractivity contribution is -0.132. The van der Waals surface area contributed by atoms with Crippen molar-refractivity contribution in [2.75, 3.05) is 19.7 Å². The summed E-state index contributed by atoms with van der Waals surface area (Å²) in [6.45, 7) is 4.17. The number of rotatable bonds is 7. The van der Waals surface area contributed by atoms with Crippen LogP contribution in [0.4, 0.5) is 0 Å². The van der Waals surface area contributed by atoms with Crippen LogP contribution in [0.3, 0.4) is 0 Å². The number of carbonyl (C=O) groups excluding carboxylic acids is 1. The highest BCUT2D eigenvalue weighted by Crippen LogP contribution is 2.24. The van der Waals surface area contributed by atoms with E-state index >= 15 is 0 Å². The first-order valence-corrected chi connectivity index (χ1v) is 10.5. The van der Waals surface area contributed by atoms with Crippen LogP contribution in [-0.2, 0) is 16.0 Å². The van der Waals surface area contributed by atoms with E-state index in [0.29, 0.717) is 13.0 Å². The standard InChI is InChI=1S/C21H25N3O2S/c1-2-20(25)23(13-18-9-6-12-26-18)11-10-17-15-27-21-22-19(14-24(17)21)16-7-4-3-5-8-16/h3-5,7-8,14-15,18H,2,6,9-13H2,1H3. The molecule has 1 saturated heterocycles. The van der Waals surface area contributed by atoms with Gasteiger partial charge in [-0.3, -0.25) is 9.20 Å². The lowest BCUT2D eigenvalue weighted by atomic mass is 10.2. The quantitative estimate of drug-likeness (QED) is 0.619. The summed E-state index contributed by atoms with van der Waals surface area (Å²) in [4.78, 5) is 20.1. The maximum Gasteiger partial charge on any atom is 0.222 e. The van der Waals surface area contributed by atoms with Gasteiger partial charge in [0.1, 0.15) is 0 Å². The van der Waals surface area contributed by atoms with Gasteiger partial charge in [0.25, 0.3) is 0 Å². The summed E-state index contributed by atoms with van der Waals surface area (Å²) in [7, 11) is 0. The number of amides is 1. The van der Waals surface area contributed by atoms with Gasteiger partial charge in [0.2, 0.25) is 5.91 Å². The number of imidazole rings is 1. The van der Waals surface area contributed by atoms with Gasteiger partial charge < -0.3 is 9.64 Å². The van der Waals surface area contributed by atoms with Gasteiger partial charge in [-0.2, -0.15) is 0 Å². The number of nitrogens with zero attached hydrogens (tertiary/aromatic N) is 3. The average molecular weight is 384 g/mol. The maximum absolute atomic E-state index is 12.4. The van der Waals surface area contributed by atoms with E-state index in [2.05, 4.69) is 28.1 Å². The van der Waals surface area contributed by atoms with Crippen LogP contribution >= 0.6 is 11.3 Å². The number of hydrogen-bond donors (Lipinski definition) is 0. The second-order valence-corrected chi connectivity index (χ2v) is 7.79. The number of ether oxygens (including phenoxy) is 1. The first kappa shape index (κ1) is 18.2. The fraction of sp³-hybridized carbons (Fsp3) is 0.429. The van der Waals surface area contributed by atoms with E-state index in [0.717, 1.165) is 48.6 Å². The summed E-state index contributed by atoms with van der Waals surface area (Å²) in [6, 6.07) is 10.2. The van der Waals surface area contributed by atoms with Gasteiger partial charge in [-0.05, 0) is 12.8 Å². The van der Waals surface area contributed by atoms with Crippen LogP contribution in [0.15, 0.2) is 41.9 Å². The largest absolute Gasteiger partial charge is 0.376 e. The van der Waals surface area contributed by atoms with Crippen molar-refractivity contribution in [3.05, 3.63) is 47.6 Å². The van der Waals surface area contributed by atoms with Crippen molar-refractivity contribution in [3.63, 3.8) is 0 Å². The van der Waals surface area contributed by atoms with E-state index in [1.54, 1.807) is 11.3 Å². The van der Waals surface area contributed by atoms with Gasteiger partial charge in [-0.25, -0.2) is 4.98 Å². The number of benzene rings is 1. The fourth-order valence-electron chi connectivity index (χ4n) is 3.58. The maximum atomic E-state index is 12.4. The zero-order valence-corrected chi connectivity index (χ0v) is 16.5. The summed E-state index contributed by atoms with van der Waals surface area (Å²) in [5.74, 6) is 0.201. The van der Waals surface area contributed by atoms with E-state index < -0.39 is 0 Å². The monoisotopic (exact) mass is 383 g/mol. The third kappa shape index (κ3) is 4.06. The van der Waals surface area contributed by atoms with E-state index in [9.17, 15) is 4.79 Å². The topological polar surface area (TPSA) is 46.8 Å². The molecule has 0 bridgehead atoms. The molecule has 1 fully saturated rings. The van der Waals surface area contributed by atoms with Gasteiger partial charge in [0, 0.05) is 55.4 Å². The Morgan fingerprint density at radius 2 is 2.22 bits per heavy atom. The third-order valence-corrected chi connectivity index (χ3v) is 5.98. The SMILES string of the molecule is CCC(=O)N(CCc1csc2nc(-c3ccccc3)cn12)CC1CCCO1. The smallest absolute Gasteiger partial charge is 0.222 e. The van der Waals surface area contributed by atoms with Crippen LogP contribution in [0.5, 0.6) is 0 Å². The van der Waals surface area contributed by atoms with Gasteiger partial charge >= 0.3 is 0 Å². The Morgan fingerprint density at radius 3 is 2.96 bits per heavy atom. The minimum atomic E-state index is 0.195. The molecule has 4 rings (SSSR count). The minimum absolute atomic E-state index is 0.195. The summed E-state index contributed by atoms with van der Waals surface area (Å²) in [5.41, 5.74) is 3.32. The number of thiazole rings is 1. The fourth-order valence-corrected chi connectivity index (χ4v) is 4.49. The van der Waals surface area contributed by atoms with Crippen LogP contribution in [-0.4, -0.2) is 46.0 Å². The molecule has 1 amide bonds. The van der Waals surface area contributed by atoms with Crippen molar-refractivity contribution in [2.45, 2.75) is 38.7 Å². The lowest BCUT2D eigenvalue weighted by Crippen LogP contribution is -2.38. The second kappa shape index (κ2) is 8.23. The van der Waals surface area contributed by atoms with Crippen LogP contribution in [0.1, 0.15) is 31.9 Å². The Morgan fingerprint density at radius 1 is 1.37 bits per heavy atom. The molecular weight excluding hydrogens is 358 g/mol. The number of fused-ring (bicyclic) bond motifs is 1. The average Bonchev–Trinajstić information content (AvgIpc) is 3.43. The molecule has 1 aliphatic heterocycles. The van der Waals surface area contributed by atoms with E-state index in [1.165, 1.54) is 5.69 Å². The molecule has 27 heavy (non-hydrogen) atoms. The molecule has 3 heterocycles. The zero-order chi connectivity index (χ0) is 18.6. The Labute approximate surface area is 163 Å². The first-order valence-electron chi connectivity index (χ1n) is 9.65. The molecule has 0 N–H and O–H groups in total. The Bertz CT molecular complexity index is 897. The van der Waals surface area contributed by atoms with Crippen LogP contribution < -0.4 is 0 Å². The Balaban J connectivity index is 1.48. The van der Waals surface area contributed by atoms with Crippen molar-refractivity contribution in [3.8, 4) is 11.3 Å². The molecule has 1 atom stereocenters. The Kier molecular flexibility index (Phi) is 5.55. The van der Waals surface area contributed by atoms with Crippen molar-refractivity contribution in [2.24, 2.45) is 0 Å². The first-order chi connectivity index (χ1) is 13.2. The number of carbonyl (C=O) groups is 1. The van der Waals surface area contributed by atoms with E-state index in [-0.39, 0.29) is 12.0 Å². The predicted octanol–water partition coefficient (Wildman–Crippen LogP) is 4.02. The highest BCUT2D eigenvalue weighted by molar-refractivity contribution is 7.15. The summed E-state index contributed by atoms with van der Waals surface area (Å²) < 4.78 is 7.89. The molecule has 2 aromatic heterocycles. The van der Waals surface area contributed by atoms with Gasteiger partial charge in [0.15, 0.2) is 4.96 Å². The van der Waals surface area contributed by atoms with Crippen LogP contribution in [0.25, 0.3) is 16.2 Å².